The summed E-state index contributed by atoms with van der Waals surface area (Å²) in [5, 5.41) is 0.379. The zero-order valence-electron chi connectivity index (χ0n) is 20.7. The zero-order valence-corrected chi connectivity index (χ0v) is 23.9. The van der Waals surface area contributed by atoms with Crippen molar-refractivity contribution in [1.82, 2.24) is 14.2 Å². The fraction of sp³-hybridized carbons (Fsp3) is 0.391. The van der Waals surface area contributed by atoms with Crippen molar-refractivity contribution >= 4 is 64.9 Å². The Bertz CT molecular complexity index is 1470. The van der Waals surface area contributed by atoms with Crippen molar-refractivity contribution in [2.75, 3.05) is 64.6 Å². The van der Waals surface area contributed by atoms with Crippen molar-refractivity contribution in [2.24, 2.45) is 0 Å². The topological polar surface area (TPSA) is 117 Å². The van der Waals surface area contributed by atoms with Crippen LogP contribution in [0.15, 0.2) is 52.3 Å². The fourth-order valence-corrected chi connectivity index (χ4v) is 6.63. The fourth-order valence-electron chi connectivity index (χ4n) is 3.81. The second-order valence-electron chi connectivity index (χ2n) is 8.59. The van der Waals surface area contributed by atoms with Gasteiger partial charge in [-0.05, 0) is 36.4 Å². The molecule has 2 heterocycles. The van der Waals surface area contributed by atoms with E-state index in [1.54, 1.807) is 12.1 Å². The van der Waals surface area contributed by atoms with Crippen LogP contribution in [-0.2, 0) is 24.6 Å². The van der Waals surface area contributed by atoms with Gasteiger partial charge < -0.3 is 4.74 Å². The van der Waals surface area contributed by atoms with Crippen LogP contribution in [-0.4, -0.2) is 96.7 Å². The molecule has 1 aromatic heterocycles. The highest BCUT2D eigenvalue weighted by molar-refractivity contribution is 7.91. The average Bonchev–Trinajstić information content (AvgIpc) is 3.28. The molecule has 37 heavy (non-hydrogen) atoms. The van der Waals surface area contributed by atoms with Gasteiger partial charge in [-0.1, -0.05) is 17.4 Å². The number of hydrogen-bond acceptors (Lipinski definition) is 9. The molecule has 0 unspecified atom stereocenters. The molecular weight excluding hydrogens is 560 g/mol. The molecule has 0 saturated carbocycles. The Kier molecular flexibility index (Phi) is 9.32. The van der Waals surface area contributed by atoms with Crippen LogP contribution in [0, 0.1) is 0 Å². The molecule has 1 saturated heterocycles. The van der Waals surface area contributed by atoms with Gasteiger partial charge in [-0.15, -0.1) is 12.4 Å². The van der Waals surface area contributed by atoms with Crippen LogP contribution in [0.1, 0.15) is 10.4 Å². The molecule has 202 valence electrons. The van der Waals surface area contributed by atoms with Crippen LogP contribution in [0.25, 0.3) is 10.2 Å². The first-order valence-corrected chi connectivity index (χ1v) is 15.4. The second-order valence-corrected chi connectivity index (χ2v) is 13.7. The molecule has 14 heteroatoms. The number of carbonyl (C=O) groups is 1. The van der Waals surface area contributed by atoms with Crippen LogP contribution in [0.5, 0.6) is 0 Å². The second kappa shape index (κ2) is 11.7. The number of carbonyl (C=O) groups excluding carboxylic acids is 1. The quantitative estimate of drug-likeness (QED) is 0.394. The summed E-state index contributed by atoms with van der Waals surface area (Å²) >= 11 is 1.24. The maximum atomic E-state index is 13.6. The number of amides is 1. The standard InChI is InChI=1S/C23H28N4O6S3.ClH/c1-25(2)36(31,32)18-9-7-17(8-10-18)22(28)27(12-11-26-13-15-33-16-14-26)23-24-21-19(34-23)5-4-6-20(21)35(3,29)30;/h4-10H,11-16H2,1-3H3;1H. The summed E-state index contributed by atoms with van der Waals surface area (Å²) in [4.78, 5) is 22.1. The molecular formula is C23H29ClN4O6S3. The number of anilines is 1. The van der Waals surface area contributed by atoms with Gasteiger partial charge in [0.15, 0.2) is 15.0 Å². The first-order valence-electron chi connectivity index (χ1n) is 11.2. The molecule has 0 aliphatic carbocycles. The largest absolute Gasteiger partial charge is 0.379 e. The molecule has 2 aromatic carbocycles. The highest BCUT2D eigenvalue weighted by Gasteiger charge is 2.25. The lowest BCUT2D eigenvalue weighted by Gasteiger charge is -2.29. The molecule has 1 aliphatic heterocycles. The molecule has 4 rings (SSSR count). The Morgan fingerprint density at radius 1 is 1.05 bits per heavy atom. The highest BCUT2D eigenvalue weighted by atomic mass is 35.5. The monoisotopic (exact) mass is 588 g/mol. The predicted octanol–water partition coefficient (Wildman–Crippen LogP) is 2.35. The molecule has 0 bridgehead atoms. The summed E-state index contributed by atoms with van der Waals surface area (Å²) in [6.07, 6.45) is 1.13. The van der Waals surface area contributed by atoms with E-state index in [-0.39, 0.29) is 28.1 Å². The van der Waals surface area contributed by atoms with E-state index in [9.17, 15) is 21.6 Å². The van der Waals surface area contributed by atoms with Gasteiger partial charge in [0.1, 0.15) is 5.52 Å². The number of thiazole rings is 1. The van der Waals surface area contributed by atoms with Crippen molar-refractivity contribution in [3.8, 4) is 0 Å². The number of para-hydroxylation sites is 1. The maximum Gasteiger partial charge on any atom is 0.260 e. The Labute approximate surface area is 227 Å². The first kappa shape index (κ1) is 29.4. The number of hydrogen-bond donors (Lipinski definition) is 0. The molecule has 1 amide bonds. The lowest BCUT2D eigenvalue weighted by atomic mass is 10.2. The predicted molar refractivity (Wildman–Crippen MR) is 146 cm³/mol. The normalized spacial score (nSPS) is 15.0. The maximum absolute atomic E-state index is 13.6. The zero-order chi connectivity index (χ0) is 26.1. The molecule has 0 N–H and O–H groups in total. The van der Waals surface area contributed by atoms with Crippen molar-refractivity contribution in [3.63, 3.8) is 0 Å². The third-order valence-corrected chi connectivity index (χ3v) is 9.87. The van der Waals surface area contributed by atoms with Gasteiger partial charge in [0, 0.05) is 52.1 Å². The lowest BCUT2D eigenvalue weighted by molar-refractivity contribution is 0.0391. The molecule has 3 aromatic rings. The van der Waals surface area contributed by atoms with Gasteiger partial charge in [0.25, 0.3) is 5.91 Å². The number of sulfone groups is 1. The van der Waals surface area contributed by atoms with Gasteiger partial charge >= 0.3 is 0 Å². The number of benzene rings is 2. The number of halogens is 1. The SMILES string of the molecule is CN(C)S(=O)(=O)c1ccc(C(=O)N(CCN2CCOCC2)c2nc3c(S(C)(=O)=O)cccc3s2)cc1.Cl. The summed E-state index contributed by atoms with van der Waals surface area (Å²) in [5.74, 6) is -0.350. The van der Waals surface area contributed by atoms with E-state index >= 15 is 0 Å². The molecule has 1 aliphatic rings. The average molecular weight is 589 g/mol. The van der Waals surface area contributed by atoms with Gasteiger partial charge in [-0.2, -0.15) is 0 Å². The number of aromatic nitrogens is 1. The number of nitrogens with zero attached hydrogens (tertiary/aromatic N) is 4. The van der Waals surface area contributed by atoms with E-state index in [0.717, 1.165) is 23.7 Å². The number of rotatable bonds is 8. The van der Waals surface area contributed by atoms with Crippen LogP contribution in [0.2, 0.25) is 0 Å². The number of ether oxygens (including phenoxy) is 1. The third kappa shape index (κ3) is 6.48. The minimum atomic E-state index is -3.63. The van der Waals surface area contributed by atoms with E-state index < -0.39 is 19.9 Å². The van der Waals surface area contributed by atoms with Crippen molar-refractivity contribution in [3.05, 3.63) is 48.0 Å². The van der Waals surface area contributed by atoms with E-state index in [0.29, 0.717) is 47.2 Å². The molecule has 1 fully saturated rings. The molecule has 0 radical (unpaired) electrons. The van der Waals surface area contributed by atoms with Crippen LogP contribution in [0.4, 0.5) is 5.13 Å². The van der Waals surface area contributed by atoms with Crippen LogP contribution < -0.4 is 4.90 Å². The van der Waals surface area contributed by atoms with Crippen LogP contribution >= 0.6 is 23.7 Å². The summed E-state index contributed by atoms with van der Waals surface area (Å²) in [6, 6.07) is 10.7. The van der Waals surface area contributed by atoms with E-state index in [4.69, 9.17) is 4.74 Å². The minimum Gasteiger partial charge on any atom is -0.379 e. The van der Waals surface area contributed by atoms with Gasteiger partial charge in [-0.25, -0.2) is 26.1 Å². The summed E-state index contributed by atoms with van der Waals surface area (Å²) in [5.41, 5.74) is 0.633. The van der Waals surface area contributed by atoms with Crippen molar-refractivity contribution in [2.45, 2.75) is 9.79 Å². The Morgan fingerprint density at radius 2 is 1.70 bits per heavy atom. The smallest absolute Gasteiger partial charge is 0.260 e. The highest BCUT2D eigenvalue weighted by Crippen LogP contribution is 2.33. The molecule has 10 nitrogen and oxygen atoms in total. The molecule has 0 spiro atoms. The third-order valence-electron chi connectivity index (χ3n) is 5.87. The summed E-state index contributed by atoms with van der Waals surface area (Å²) < 4.78 is 56.6. The Hall–Kier alpha value is -2.13. The summed E-state index contributed by atoms with van der Waals surface area (Å²) in [6.45, 7) is 3.64. The minimum absolute atomic E-state index is 0. The van der Waals surface area contributed by atoms with Crippen molar-refractivity contribution < 1.29 is 26.4 Å². The van der Waals surface area contributed by atoms with Gasteiger partial charge in [0.2, 0.25) is 10.0 Å². The number of morpholine rings is 1. The lowest BCUT2D eigenvalue weighted by Crippen LogP contribution is -2.43. The van der Waals surface area contributed by atoms with E-state index in [1.807, 2.05) is 0 Å². The Balaban J connectivity index is 0.00000380. The summed E-state index contributed by atoms with van der Waals surface area (Å²) in [7, 11) is -4.25. The van der Waals surface area contributed by atoms with Gasteiger partial charge in [-0.3, -0.25) is 14.6 Å². The molecule has 0 atom stereocenters. The van der Waals surface area contributed by atoms with Crippen LogP contribution in [0.3, 0.4) is 0 Å². The Morgan fingerprint density at radius 3 is 2.30 bits per heavy atom. The number of fused-ring (bicyclic) bond motifs is 1. The number of sulfonamides is 1. The first-order chi connectivity index (χ1) is 17.0. The van der Waals surface area contributed by atoms with Gasteiger partial charge in [0.05, 0.1) is 27.7 Å². The van der Waals surface area contributed by atoms with E-state index in [2.05, 4.69) is 9.88 Å². The van der Waals surface area contributed by atoms with Crippen molar-refractivity contribution in [1.29, 1.82) is 0 Å². The van der Waals surface area contributed by atoms with E-state index in [1.165, 1.54) is 60.7 Å².